The topological polar surface area (TPSA) is 42.4 Å². The molecule has 0 radical (unpaired) electrons. The lowest BCUT2D eigenvalue weighted by molar-refractivity contribution is -0.0757. The summed E-state index contributed by atoms with van der Waals surface area (Å²) < 4.78 is 0. The lowest BCUT2D eigenvalue weighted by atomic mass is 10.1. The number of aromatic nitrogens is 1. The van der Waals surface area contributed by atoms with E-state index in [4.69, 9.17) is 16.4 Å². The average Bonchev–Trinajstić information content (AvgIpc) is 2.20. The number of pyridine rings is 1. The van der Waals surface area contributed by atoms with Gasteiger partial charge in [0.05, 0.1) is 17.7 Å². The van der Waals surface area contributed by atoms with Crippen LogP contribution in [0, 0.1) is 6.92 Å². The third-order valence-corrected chi connectivity index (χ3v) is 2.33. The van der Waals surface area contributed by atoms with E-state index in [1.165, 1.54) is 26.6 Å². The summed E-state index contributed by atoms with van der Waals surface area (Å²) in [6.07, 6.45) is 2.97. The first-order valence-corrected chi connectivity index (χ1v) is 4.38. The number of nitrogens with zero attached hydrogens (tertiary/aromatic N) is 2. The van der Waals surface area contributed by atoms with Crippen molar-refractivity contribution >= 4 is 17.5 Å². The Bertz CT molecular complexity index is 355. The van der Waals surface area contributed by atoms with Crippen molar-refractivity contribution in [2.75, 3.05) is 14.2 Å². The minimum absolute atomic E-state index is 0.264. The highest BCUT2D eigenvalue weighted by Gasteiger charge is 2.15. The first kappa shape index (κ1) is 10.9. The number of halogens is 1. The third kappa shape index (κ3) is 2.02. The molecule has 0 saturated carbocycles. The molecule has 0 saturated heterocycles. The summed E-state index contributed by atoms with van der Waals surface area (Å²) in [7, 11) is 2.95. The van der Waals surface area contributed by atoms with E-state index in [0.29, 0.717) is 16.1 Å². The normalized spacial score (nSPS) is 10.0. The van der Waals surface area contributed by atoms with Gasteiger partial charge in [0.25, 0.3) is 5.91 Å². The molecule has 1 aromatic rings. The highest BCUT2D eigenvalue weighted by Crippen LogP contribution is 2.18. The molecule has 0 aliphatic heterocycles. The maximum Gasteiger partial charge on any atom is 0.279 e. The van der Waals surface area contributed by atoms with Crippen LogP contribution >= 0.6 is 11.6 Å². The summed E-state index contributed by atoms with van der Waals surface area (Å²) in [6.45, 7) is 1.76. The lowest BCUT2D eigenvalue weighted by Gasteiger charge is -2.14. The van der Waals surface area contributed by atoms with Crippen LogP contribution in [0.5, 0.6) is 0 Å². The van der Waals surface area contributed by atoms with Crippen LogP contribution in [0.25, 0.3) is 0 Å². The Morgan fingerprint density at radius 3 is 2.79 bits per heavy atom. The van der Waals surface area contributed by atoms with E-state index in [2.05, 4.69) is 4.98 Å². The van der Waals surface area contributed by atoms with E-state index in [1.807, 2.05) is 0 Å². The fourth-order valence-electron chi connectivity index (χ4n) is 0.968. The van der Waals surface area contributed by atoms with Gasteiger partial charge in [0, 0.05) is 19.4 Å². The molecule has 0 bridgehead atoms. The van der Waals surface area contributed by atoms with Crippen LogP contribution < -0.4 is 0 Å². The van der Waals surface area contributed by atoms with Gasteiger partial charge in [-0.05, 0) is 12.5 Å². The summed E-state index contributed by atoms with van der Waals surface area (Å²) in [5, 5.41) is 1.60. The summed E-state index contributed by atoms with van der Waals surface area (Å²) >= 11 is 5.83. The van der Waals surface area contributed by atoms with Gasteiger partial charge < -0.3 is 0 Å². The predicted octanol–water partition coefficient (Wildman–Crippen LogP) is 1.68. The zero-order valence-corrected chi connectivity index (χ0v) is 9.00. The van der Waals surface area contributed by atoms with Gasteiger partial charge in [-0.3, -0.25) is 14.6 Å². The molecule has 1 heterocycles. The summed E-state index contributed by atoms with van der Waals surface area (Å²) in [5.41, 5.74) is 1.15. The maximum atomic E-state index is 11.7. The SMILES string of the molecule is CON(C)C(=O)c1cncc(Cl)c1C. The van der Waals surface area contributed by atoms with Crippen LogP contribution in [0.2, 0.25) is 5.02 Å². The molecule has 5 heteroatoms. The highest BCUT2D eigenvalue weighted by molar-refractivity contribution is 6.31. The van der Waals surface area contributed by atoms with Gasteiger partial charge in [-0.2, -0.15) is 0 Å². The molecule has 76 valence electrons. The number of hydrogen-bond donors (Lipinski definition) is 0. The average molecular weight is 215 g/mol. The number of amides is 1. The molecule has 0 aromatic carbocycles. The number of hydrogen-bond acceptors (Lipinski definition) is 3. The molecule has 0 N–H and O–H groups in total. The first-order valence-electron chi connectivity index (χ1n) is 4.00. The smallest absolute Gasteiger partial charge is 0.274 e. The van der Waals surface area contributed by atoms with E-state index in [0.717, 1.165) is 5.06 Å². The second-order valence-electron chi connectivity index (χ2n) is 2.78. The number of rotatable bonds is 2. The van der Waals surface area contributed by atoms with Gasteiger partial charge in [0.1, 0.15) is 0 Å². The highest BCUT2D eigenvalue weighted by atomic mass is 35.5. The molecule has 1 amide bonds. The largest absolute Gasteiger partial charge is 0.279 e. The van der Waals surface area contributed by atoms with Crippen molar-refractivity contribution in [1.82, 2.24) is 10.0 Å². The molecule has 0 aliphatic rings. The minimum atomic E-state index is -0.264. The van der Waals surface area contributed by atoms with Crippen molar-refractivity contribution in [2.24, 2.45) is 0 Å². The van der Waals surface area contributed by atoms with Crippen molar-refractivity contribution in [3.8, 4) is 0 Å². The molecule has 14 heavy (non-hydrogen) atoms. The second kappa shape index (κ2) is 4.39. The van der Waals surface area contributed by atoms with E-state index in [1.54, 1.807) is 6.92 Å². The van der Waals surface area contributed by atoms with E-state index in [-0.39, 0.29) is 5.91 Å². The summed E-state index contributed by atoms with van der Waals surface area (Å²) in [5.74, 6) is -0.264. The Hall–Kier alpha value is -1.13. The summed E-state index contributed by atoms with van der Waals surface area (Å²) in [4.78, 5) is 20.3. The molecule has 4 nitrogen and oxygen atoms in total. The van der Waals surface area contributed by atoms with Crippen molar-refractivity contribution in [1.29, 1.82) is 0 Å². The molecule has 0 fully saturated rings. The van der Waals surface area contributed by atoms with Crippen LogP contribution in [0.4, 0.5) is 0 Å². The van der Waals surface area contributed by atoms with Gasteiger partial charge in [-0.15, -0.1) is 0 Å². The molecule has 0 spiro atoms. The van der Waals surface area contributed by atoms with Gasteiger partial charge in [0.15, 0.2) is 0 Å². The molecule has 1 aromatic heterocycles. The Morgan fingerprint density at radius 1 is 1.57 bits per heavy atom. The van der Waals surface area contributed by atoms with E-state index in [9.17, 15) is 4.79 Å². The zero-order chi connectivity index (χ0) is 10.7. The number of hydroxylamine groups is 2. The van der Waals surface area contributed by atoms with Crippen molar-refractivity contribution in [3.63, 3.8) is 0 Å². The zero-order valence-electron chi connectivity index (χ0n) is 8.24. The van der Waals surface area contributed by atoms with Gasteiger partial charge in [-0.25, -0.2) is 5.06 Å². The molecular weight excluding hydrogens is 204 g/mol. The Balaban J connectivity index is 3.07. The van der Waals surface area contributed by atoms with Crippen LogP contribution in [-0.4, -0.2) is 30.1 Å². The molecular formula is C9H11ClN2O2. The van der Waals surface area contributed by atoms with Crippen molar-refractivity contribution in [2.45, 2.75) is 6.92 Å². The molecule has 1 rings (SSSR count). The maximum absolute atomic E-state index is 11.7. The van der Waals surface area contributed by atoms with Crippen LogP contribution in [-0.2, 0) is 4.84 Å². The van der Waals surface area contributed by atoms with E-state index >= 15 is 0 Å². The van der Waals surface area contributed by atoms with Crippen LogP contribution in [0.15, 0.2) is 12.4 Å². The lowest BCUT2D eigenvalue weighted by Crippen LogP contribution is -2.26. The van der Waals surface area contributed by atoms with Gasteiger partial charge in [-0.1, -0.05) is 11.6 Å². The number of carbonyl (C=O) groups is 1. The van der Waals surface area contributed by atoms with Gasteiger partial charge >= 0.3 is 0 Å². The molecule has 0 aliphatic carbocycles. The second-order valence-corrected chi connectivity index (χ2v) is 3.19. The first-order chi connectivity index (χ1) is 6.57. The standard InChI is InChI=1S/C9H11ClN2O2/c1-6-7(4-11-5-8(6)10)9(13)12(2)14-3/h4-5H,1-3H3. The third-order valence-electron chi connectivity index (χ3n) is 1.94. The Kier molecular flexibility index (Phi) is 3.43. The van der Waals surface area contributed by atoms with E-state index < -0.39 is 0 Å². The Labute approximate surface area is 87.4 Å². The molecule has 0 unspecified atom stereocenters. The fourth-order valence-corrected chi connectivity index (χ4v) is 1.13. The summed E-state index contributed by atoms with van der Waals surface area (Å²) in [6, 6.07) is 0. The minimum Gasteiger partial charge on any atom is -0.274 e. The van der Waals surface area contributed by atoms with Crippen molar-refractivity contribution < 1.29 is 9.63 Å². The predicted molar refractivity (Wildman–Crippen MR) is 53.1 cm³/mol. The number of carbonyl (C=O) groups excluding carboxylic acids is 1. The fraction of sp³-hybridized carbons (Fsp3) is 0.333. The molecule has 0 atom stereocenters. The van der Waals surface area contributed by atoms with Crippen LogP contribution in [0.3, 0.4) is 0 Å². The Morgan fingerprint density at radius 2 is 2.21 bits per heavy atom. The van der Waals surface area contributed by atoms with Crippen LogP contribution in [0.1, 0.15) is 15.9 Å². The quantitative estimate of drug-likeness (QED) is 0.704. The van der Waals surface area contributed by atoms with Crippen molar-refractivity contribution in [3.05, 3.63) is 28.5 Å². The monoisotopic (exact) mass is 214 g/mol. The van der Waals surface area contributed by atoms with Gasteiger partial charge in [0.2, 0.25) is 0 Å².